The summed E-state index contributed by atoms with van der Waals surface area (Å²) in [6.45, 7) is 3.67. The first-order chi connectivity index (χ1) is 16.1. The van der Waals surface area contributed by atoms with Crippen LogP contribution in [0.4, 0.5) is 5.69 Å². The highest BCUT2D eigenvalue weighted by Gasteiger charge is 2.07. The van der Waals surface area contributed by atoms with Crippen molar-refractivity contribution in [3.63, 3.8) is 0 Å². The molecule has 0 aliphatic heterocycles. The SMILES string of the molecule is CCOc1ccc(OCc2ccc(C(=O)Nc3ccc(Cn4cc(Br)cn4)cc3)cc2)cc1. The molecule has 0 unspecified atom stereocenters. The van der Waals surface area contributed by atoms with Crippen LogP contribution in [-0.4, -0.2) is 22.3 Å². The average Bonchev–Trinajstić information content (AvgIpc) is 3.25. The Balaban J connectivity index is 1.28. The van der Waals surface area contributed by atoms with E-state index in [1.54, 1.807) is 18.3 Å². The molecule has 1 N–H and O–H groups in total. The fourth-order valence-corrected chi connectivity index (χ4v) is 3.55. The van der Waals surface area contributed by atoms with Crippen molar-refractivity contribution in [3.05, 3.63) is 106 Å². The quantitative estimate of drug-likeness (QED) is 0.306. The van der Waals surface area contributed by atoms with E-state index in [1.165, 1.54) is 0 Å². The minimum Gasteiger partial charge on any atom is -0.494 e. The van der Waals surface area contributed by atoms with Gasteiger partial charge < -0.3 is 14.8 Å². The van der Waals surface area contributed by atoms with Gasteiger partial charge in [0.25, 0.3) is 5.91 Å². The lowest BCUT2D eigenvalue weighted by Crippen LogP contribution is -2.12. The van der Waals surface area contributed by atoms with Crippen LogP contribution in [0, 0.1) is 0 Å². The molecule has 0 bridgehead atoms. The molecule has 1 heterocycles. The summed E-state index contributed by atoms with van der Waals surface area (Å²) in [5.41, 5.74) is 3.41. The minimum absolute atomic E-state index is 0.155. The molecule has 0 aliphatic rings. The number of nitrogens with one attached hydrogen (secondary N) is 1. The maximum atomic E-state index is 12.6. The number of nitrogens with zero attached hydrogens (tertiary/aromatic N) is 2. The number of amides is 1. The first-order valence-electron chi connectivity index (χ1n) is 10.6. The molecule has 1 amide bonds. The molecule has 33 heavy (non-hydrogen) atoms. The molecule has 3 aromatic carbocycles. The molecular weight excluding hydrogens is 482 g/mol. The third kappa shape index (κ3) is 6.46. The van der Waals surface area contributed by atoms with Gasteiger partial charge in [-0.2, -0.15) is 5.10 Å². The number of halogens is 1. The van der Waals surface area contributed by atoms with E-state index in [2.05, 4.69) is 26.3 Å². The highest BCUT2D eigenvalue weighted by molar-refractivity contribution is 9.10. The van der Waals surface area contributed by atoms with Gasteiger partial charge in [0.15, 0.2) is 0 Å². The van der Waals surface area contributed by atoms with Gasteiger partial charge in [-0.15, -0.1) is 0 Å². The standard InChI is InChI=1S/C26H24BrN3O3/c1-2-32-24-11-13-25(14-12-24)33-18-20-3-7-21(8-4-20)26(31)29-23-9-5-19(6-10-23)16-30-17-22(27)15-28-30/h3-15,17H,2,16,18H2,1H3,(H,29,31). The van der Waals surface area contributed by atoms with Crippen LogP contribution in [0.25, 0.3) is 0 Å². The van der Waals surface area contributed by atoms with E-state index in [9.17, 15) is 4.79 Å². The van der Waals surface area contributed by atoms with Crippen LogP contribution in [0.5, 0.6) is 11.5 Å². The smallest absolute Gasteiger partial charge is 0.255 e. The molecule has 0 radical (unpaired) electrons. The summed E-state index contributed by atoms with van der Waals surface area (Å²) < 4.78 is 14.0. The molecule has 0 atom stereocenters. The van der Waals surface area contributed by atoms with Crippen molar-refractivity contribution in [1.82, 2.24) is 9.78 Å². The average molecular weight is 506 g/mol. The summed E-state index contributed by atoms with van der Waals surface area (Å²) in [7, 11) is 0. The van der Waals surface area contributed by atoms with Gasteiger partial charge >= 0.3 is 0 Å². The van der Waals surface area contributed by atoms with Crippen LogP contribution in [0.1, 0.15) is 28.4 Å². The number of aromatic nitrogens is 2. The van der Waals surface area contributed by atoms with Crippen LogP contribution in [0.2, 0.25) is 0 Å². The Morgan fingerprint density at radius 2 is 1.55 bits per heavy atom. The third-order valence-electron chi connectivity index (χ3n) is 4.91. The van der Waals surface area contributed by atoms with E-state index < -0.39 is 0 Å². The van der Waals surface area contributed by atoms with Gasteiger partial charge in [-0.1, -0.05) is 24.3 Å². The second-order valence-corrected chi connectivity index (χ2v) is 8.31. The van der Waals surface area contributed by atoms with Crippen molar-refractivity contribution in [2.45, 2.75) is 20.1 Å². The lowest BCUT2D eigenvalue weighted by atomic mass is 10.1. The molecule has 4 rings (SSSR count). The summed E-state index contributed by atoms with van der Waals surface area (Å²) in [4.78, 5) is 12.6. The number of hydrogen-bond acceptors (Lipinski definition) is 4. The van der Waals surface area contributed by atoms with E-state index >= 15 is 0 Å². The zero-order valence-electron chi connectivity index (χ0n) is 18.2. The molecule has 0 aliphatic carbocycles. The predicted molar refractivity (Wildman–Crippen MR) is 132 cm³/mol. The number of rotatable bonds is 9. The van der Waals surface area contributed by atoms with Crippen LogP contribution < -0.4 is 14.8 Å². The van der Waals surface area contributed by atoms with Crippen LogP contribution in [0.15, 0.2) is 89.7 Å². The van der Waals surface area contributed by atoms with E-state index in [1.807, 2.05) is 78.5 Å². The van der Waals surface area contributed by atoms with E-state index in [0.29, 0.717) is 25.3 Å². The summed E-state index contributed by atoms with van der Waals surface area (Å²) in [6.07, 6.45) is 3.68. The van der Waals surface area contributed by atoms with E-state index in [-0.39, 0.29) is 5.91 Å². The number of carbonyl (C=O) groups is 1. The maximum Gasteiger partial charge on any atom is 0.255 e. The second-order valence-electron chi connectivity index (χ2n) is 7.40. The Bertz CT molecular complexity index is 1190. The van der Waals surface area contributed by atoms with Crippen molar-refractivity contribution in [3.8, 4) is 11.5 Å². The Kier molecular flexibility index (Phi) is 7.42. The Labute approximate surface area is 201 Å². The molecule has 4 aromatic rings. The van der Waals surface area contributed by atoms with Crippen molar-refractivity contribution >= 4 is 27.5 Å². The van der Waals surface area contributed by atoms with Gasteiger partial charge in [0, 0.05) is 17.4 Å². The van der Waals surface area contributed by atoms with Gasteiger partial charge in [-0.05, 0) is 82.5 Å². The normalized spacial score (nSPS) is 10.6. The van der Waals surface area contributed by atoms with Crippen molar-refractivity contribution in [2.75, 3.05) is 11.9 Å². The number of anilines is 1. The fraction of sp³-hybridized carbons (Fsp3) is 0.154. The van der Waals surface area contributed by atoms with Gasteiger partial charge in [0.1, 0.15) is 18.1 Å². The first-order valence-corrected chi connectivity index (χ1v) is 11.4. The Morgan fingerprint density at radius 1 is 0.909 bits per heavy atom. The number of hydrogen-bond donors (Lipinski definition) is 1. The molecule has 0 saturated heterocycles. The lowest BCUT2D eigenvalue weighted by Gasteiger charge is -2.09. The highest BCUT2D eigenvalue weighted by Crippen LogP contribution is 2.19. The van der Waals surface area contributed by atoms with Gasteiger partial charge in [-0.25, -0.2) is 0 Å². The zero-order valence-corrected chi connectivity index (χ0v) is 19.8. The largest absolute Gasteiger partial charge is 0.494 e. The van der Waals surface area contributed by atoms with Crippen LogP contribution in [-0.2, 0) is 13.2 Å². The molecule has 0 fully saturated rings. The summed E-state index contributed by atoms with van der Waals surface area (Å²) in [5.74, 6) is 1.43. The third-order valence-corrected chi connectivity index (χ3v) is 5.32. The topological polar surface area (TPSA) is 65.4 Å². The molecular formula is C26H24BrN3O3. The summed E-state index contributed by atoms with van der Waals surface area (Å²) in [6, 6.07) is 22.7. The van der Waals surface area contributed by atoms with Gasteiger partial charge in [0.05, 0.1) is 23.8 Å². The van der Waals surface area contributed by atoms with Crippen molar-refractivity contribution < 1.29 is 14.3 Å². The Morgan fingerprint density at radius 3 is 2.15 bits per heavy atom. The monoisotopic (exact) mass is 505 g/mol. The molecule has 7 heteroatoms. The fourth-order valence-electron chi connectivity index (χ4n) is 3.23. The lowest BCUT2D eigenvalue weighted by molar-refractivity contribution is 0.102. The first kappa shape index (κ1) is 22.6. The molecule has 6 nitrogen and oxygen atoms in total. The molecule has 0 saturated carbocycles. The molecule has 168 valence electrons. The molecule has 0 spiro atoms. The van der Waals surface area contributed by atoms with Crippen molar-refractivity contribution in [1.29, 1.82) is 0 Å². The van der Waals surface area contributed by atoms with E-state index in [4.69, 9.17) is 9.47 Å². The maximum absolute atomic E-state index is 12.6. The van der Waals surface area contributed by atoms with Crippen LogP contribution in [0.3, 0.4) is 0 Å². The summed E-state index contributed by atoms with van der Waals surface area (Å²) >= 11 is 3.40. The molecule has 1 aromatic heterocycles. The highest BCUT2D eigenvalue weighted by atomic mass is 79.9. The van der Waals surface area contributed by atoms with Crippen LogP contribution >= 0.6 is 15.9 Å². The Hall–Kier alpha value is -3.58. The predicted octanol–water partition coefficient (Wildman–Crippen LogP) is 5.92. The van der Waals surface area contributed by atoms with E-state index in [0.717, 1.165) is 32.8 Å². The summed E-state index contributed by atoms with van der Waals surface area (Å²) in [5, 5.41) is 7.19. The van der Waals surface area contributed by atoms with Crippen molar-refractivity contribution in [2.24, 2.45) is 0 Å². The van der Waals surface area contributed by atoms with Gasteiger partial charge in [0.2, 0.25) is 0 Å². The number of ether oxygens (including phenoxy) is 2. The second kappa shape index (κ2) is 10.8. The minimum atomic E-state index is -0.155. The zero-order chi connectivity index (χ0) is 23.0. The number of benzene rings is 3. The number of carbonyl (C=O) groups excluding carboxylic acids is 1. The van der Waals surface area contributed by atoms with Gasteiger partial charge in [-0.3, -0.25) is 9.48 Å².